The molecule has 2 aromatic heterocycles. The molecule has 1 aromatic carbocycles. The molecule has 0 aliphatic carbocycles. The lowest BCUT2D eigenvalue weighted by molar-refractivity contribution is 0.0929. The molecule has 4 rings (SSSR count). The first kappa shape index (κ1) is 18.7. The summed E-state index contributed by atoms with van der Waals surface area (Å²) in [4.78, 5) is 16.0. The lowest BCUT2D eigenvalue weighted by atomic mass is 10.1. The molecule has 1 amide bonds. The van der Waals surface area contributed by atoms with E-state index in [4.69, 9.17) is 9.26 Å². The Bertz CT molecular complexity index is 899. The lowest BCUT2D eigenvalue weighted by Gasteiger charge is -2.28. The molecule has 1 N–H and O–H groups in total. The molecular formula is C21H23N3O3S. The van der Waals surface area contributed by atoms with Gasteiger partial charge in [-0.25, -0.2) is 0 Å². The van der Waals surface area contributed by atoms with Crippen molar-refractivity contribution in [2.24, 2.45) is 0 Å². The fourth-order valence-corrected chi connectivity index (χ4v) is 4.21. The highest BCUT2D eigenvalue weighted by Gasteiger charge is 2.25. The average molecular weight is 398 g/mol. The van der Waals surface area contributed by atoms with Crippen LogP contribution in [-0.4, -0.2) is 42.7 Å². The summed E-state index contributed by atoms with van der Waals surface area (Å²) < 4.78 is 10.6. The summed E-state index contributed by atoms with van der Waals surface area (Å²) in [5, 5.41) is 8.93. The number of rotatable bonds is 7. The molecule has 1 fully saturated rings. The van der Waals surface area contributed by atoms with Crippen LogP contribution in [0.4, 0.5) is 0 Å². The molecule has 28 heavy (non-hydrogen) atoms. The number of nitrogens with zero attached hydrogens (tertiary/aromatic N) is 2. The van der Waals surface area contributed by atoms with Crippen LogP contribution in [0.1, 0.15) is 34.9 Å². The van der Waals surface area contributed by atoms with Crippen molar-refractivity contribution in [3.8, 4) is 16.4 Å². The van der Waals surface area contributed by atoms with Crippen LogP contribution in [0, 0.1) is 0 Å². The van der Waals surface area contributed by atoms with Gasteiger partial charge < -0.3 is 14.6 Å². The number of carbonyl (C=O) groups excluding carboxylic acids is 1. The first-order chi connectivity index (χ1) is 13.7. The maximum absolute atomic E-state index is 12.6. The average Bonchev–Trinajstić information content (AvgIpc) is 3.50. The van der Waals surface area contributed by atoms with Crippen molar-refractivity contribution in [1.29, 1.82) is 0 Å². The van der Waals surface area contributed by atoms with Crippen molar-refractivity contribution in [2.45, 2.75) is 18.9 Å². The second kappa shape index (κ2) is 8.58. The van der Waals surface area contributed by atoms with Gasteiger partial charge in [0.05, 0.1) is 18.0 Å². The Labute approximate surface area is 168 Å². The van der Waals surface area contributed by atoms with E-state index in [2.05, 4.69) is 27.5 Å². The van der Waals surface area contributed by atoms with Crippen LogP contribution in [0.15, 0.2) is 52.4 Å². The molecule has 6 nitrogen and oxygen atoms in total. The minimum Gasteiger partial charge on any atom is -0.497 e. The van der Waals surface area contributed by atoms with E-state index in [1.54, 1.807) is 24.5 Å². The molecule has 0 bridgehead atoms. The maximum Gasteiger partial charge on any atom is 0.273 e. The first-order valence-corrected chi connectivity index (χ1v) is 10.3. The van der Waals surface area contributed by atoms with Gasteiger partial charge in [0, 0.05) is 12.6 Å². The predicted octanol–water partition coefficient (Wildman–Crippen LogP) is 3.98. The van der Waals surface area contributed by atoms with Gasteiger partial charge >= 0.3 is 0 Å². The van der Waals surface area contributed by atoms with Crippen LogP contribution in [0.2, 0.25) is 0 Å². The summed E-state index contributed by atoms with van der Waals surface area (Å²) in [5.74, 6) is 1.23. The number of thiophene rings is 1. The van der Waals surface area contributed by atoms with Crippen LogP contribution >= 0.6 is 11.3 Å². The van der Waals surface area contributed by atoms with E-state index in [1.165, 1.54) is 18.4 Å². The van der Waals surface area contributed by atoms with Gasteiger partial charge in [-0.2, -0.15) is 0 Å². The summed E-state index contributed by atoms with van der Waals surface area (Å²) in [5.41, 5.74) is 1.47. The zero-order chi connectivity index (χ0) is 19.3. The second-order valence-corrected chi connectivity index (χ2v) is 7.74. The fraction of sp³-hybridized carbons (Fsp3) is 0.333. The topological polar surface area (TPSA) is 67.6 Å². The van der Waals surface area contributed by atoms with Gasteiger partial charge in [0.15, 0.2) is 11.5 Å². The van der Waals surface area contributed by atoms with E-state index in [1.807, 2.05) is 29.6 Å². The van der Waals surface area contributed by atoms with E-state index in [0.29, 0.717) is 18.0 Å². The summed E-state index contributed by atoms with van der Waals surface area (Å²) in [7, 11) is 1.66. The van der Waals surface area contributed by atoms with Crippen molar-refractivity contribution in [3.63, 3.8) is 0 Å². The molecule has 146 valence electrons. The lowest BCUT2D eigenvalue weighted by Crippen LogP contribution is -2.36. The van der Waals surface area contributed by atoms with E-state index >= 15 is 0 Å². The smallest absolute Gasteiger partial charge is 0.273 e. The Kier molecular flexibility index (Phi) is 5.73. The third kappa shape index (κ3) is 4.10. The number of aromatic nitrogens is 1. The molecule has 0 saturated carbocycles. The van der Waals surface area contributed by atoms with Gasteiger partial charge in [0.25, 0.3) is 5.91 Å². The molecule has 1 aliphatic rings. The molecule has 1 aliphatic heterocycles. The number of benzene rings is 1. The van der Waals surface area contributed by atoms with Crippen LogP contribution in [0.25, 0.3) is 10.6 Å². The zero-order valence-corrected chi connectivity index (χ0v) is 16.6. The number of methoxy groups -OCH3 is 1. The monoisotopic (exact) mass is 397 g/mol. The number of amides is 1. The minimum absolute atomic E-state index is 0.126. The fourth-order valence-electron chi connectivity index (χ4n) is 3.53. The van der Waals surface area contributed by atoms with Crippen molar-refractivity contribution in [2.75, 3.05) is 26.7 Å². The van der Waals surface area contributed by atoms with Gasteiger partial charge in [-0.15, -0.1) is 11.3 Å². The molecule has 1 atom stereocenters. The van der Waals surface area contributed by atoms with Crippen LogP contribution in [-0.2, 0) is 0 Å². The standard InChI is InChI=1S/C21H23N3O3S/c1-26-16-8-6-15(7-9-16)18(24-10-2-3-11-24)14-22-21(25)17-13-19(27-23-17)20-5-4-12-28-20/h4-9,12-13,18H,2-3,10-11,14H2,1H3,(H,22,25)/t18-/m0/s1. The van der Waals surface area contributed by atoms with Gasteiger partial charge in [-0.1, -0.05) is 23.4 Å². The predicted molar refractivity (Wildman–Crippen MR) is 109 cm³/mol. The Morgan fingerprint density at radius 3 is 2.75 bits per heavy atom. The second-order valence-electron chi connectivity index (χ2n) is 6.80. The van der Waals surface area contributed by atoms with Crippen molar-refractivity contribution >= 4 is 17.2 Å². The number of carbonyl (C=O) groups is 1. The largest absolute Gasteiger partial charge is 0.497 e. The van der Waals surface area contributed by atoms with E-state index in [-0.39, 0.29) is 11.9 Å². The Balaban J connectivity index is 1.45. The highest BCUT2D eigenvalue weighted by molar-refractivity contribution is 7.13. The SMILES string of the molecule is COc1ccc([C@H](CNC(=O)c2cc(-c3cccs3)on2)N2CCCC2)cc1. The van der Waals surface area contributed by atoms with E-state index in [9.17, 15) is 4.79 Å². The Morgan fingerprint density at radius 1 is 1.29 bits per heavy atom. The highest BCUT2D eigenvalue weighted by Crippen LogP contribution is 2.27. The molecular weight excluding hydrogens is 374 g/mol. The van der Waals surface area contributed by atoms with E-state index in [0.717, 1.165) is 23.7 Å². The third-order valence-electron chi connectivity index (χ3n) is 5.04. The van der Waals surface area contributed by atoms with Gasteiger partial charge in [0.2, 0.25) is 0 Å². The number of hydrogen-bond donors (Lipinski definition) is 1. The van der Waals surface area contributed by atoms with Crippen LogP contribution < -0.4 is 10.1 Å². The number of hydrogen-bond acceptors (Lipinski definition) is 6. The molecule has 0 unspecified atom stereocenters. The van der Waals surface area contributed by atoms with Gasteiger partial charge in [-0.3, -0.25) is 9.69 Å². The quantitative estimate of drug-likeness (QED) is 0.653. The summed E-state index contributed by atoms with van der Waals surface area (Å²) in [6.45, 7) is 2.60. The summed E-state index contributed by atoms with van der Waals surface area (Å²) in [6.07, 6.45) is 2.38. The van der Waals surface area contributed by atoms with E-state index < -0.39 is 0 Å². The van der Waals surface area contributed by atoms with Crippen LogP contribution in [0.5, 0.6) is 5.75 Å². The molecule has 7 heteroatoms. The summed E-state index contributed by atoms with van der Waals surface area (Å²) >= 11 is 1.55. The van der Waals surface area contributed by atoms with Crippen molar-refractivity contribution < 1.29 is 14.1 Å². The molecule has 3 aromatic rings. The molecule has 3 heterocycles. The first-order valence-electron chi connectivity index (χ1n) is 9.41. The van der Waals surface area contributed by atoms with Crippen molar-refractivity contribution in [3.05, 3.63) is 59.1 Å². The molecule has 0 spiro atoms. The molecule has 0 radical (unpaired) electrons. The molecule has 1 saturated heterocycles. The highest BCUT2D eigenvalue weighted by atomic mass is 32.1. The van der Waals surface area contributed by atoms with Crippen LogP contribution in [0.3, 0.4) is 0 Å². The third-order valence-corrected chi connectivity index (χ3v) is 5.93. The number of nitrogens with one attached hydrogen (secondary N) is 1. The number of likely N-dealkylation sites (tertiary alicyclic amines) is 1. The number of ether oxygens (including phenoxy) is 1. The van der Waals surface area contributed by atoms with Crippen molar-refractivity contribution in [1.82, 2.24) is 15.4 Å². The maximum atomic E-state index is 12.6. The normalized spacial score (nSPS) is 15.5. The van der Waals surface area contributed by atoms with Gasteiger partial charge in [0.1, 0.15) is 5.75 Å². The Morgan fingerprint density at radius 2 is 2.07 bits per heavy atom. The minimum atomic E-state index is -0.218. The zero-order valence-electron chi connectivity index (χ0n) is 15.8. The van der Waals surface area contributed by atoms with Gasteiger partial charge in [-0.05, 0) is 55.1 Å². The Hall–Kier alpha value is -2.64. The summed E-state index contributed by atoms with van der Waals surface area (Å²) in [6, 6.07) is 13.8.